The summed E-state index contributed by atoms with van der Waals surface area (Å²) in [4.78, 5) is 14.5. The topological polar surface area (TPSA) is 82.2 Å². The van der Waals surface area contributed by atoms with Crippen LogP contribution < -0.4 is 9.62 Å². The molecule has 1 aromatic carbocycles. The predicted molar refractivity (Wildman–Crippen MR) is 115 cm³/mol. The van der Waals surface area contributed by atoms with Gasteiger partial charge in [0.2, 0.25) is 10.0 Å². The van der Waals surface area contributed by atoms with Crippen LogP contribution >= 0.6 is 12.1 Å². The van der Waals surface area contributed by atoms with Crippen LogP contribution in [0.2, 0.25) is 0 Å². The fraction of sp³-hybridized carbons (Fsp3) is 0.350. The van der Waals surface area contributed by atoms with Crippen molar-refractivity contribution in [2.75, 3.05) is 18.0 Å². The van der Waals surface area contributed by atoms with Gasteiger partial charge in [-0.05, 0) is 37.5 Å². The van der Waals surface area contributed by atoms with Crippen LogP contribution in [0.15, 0.2) is 58.9 Å². The Balaban J connectivity index is 1.37. The average molecular weight is 447 g/mol. The monoisotopic (exact) mass is 446 g/mol. The van der Waals surface area contributed by atoms with Crippen molar-refractivity contribution in [1.29, 1.82) is 0 Å². The van der Waals surface area contributed by atoms with E-state index < -0.39 is 10.0 Å². The number of piperidine rings is 1. The number of ether oxygens (including phenoxy) is 1. The Labute approximate surface area is 180 Å². The molecular weight excluding hydrogens is 424 g/mol. The molecule has 0 saturated carbocycles. The van der Waals surface area contributed by atoms with Gasteiger partial charge >= 0.3 is 6.09 Å². The van der Waals surface area contributed by atoms with Crippen molar-refractivity contribution < 1.29 is 17.9 Å². The van der Waals surface area contributed by atoms with E-state index in [1.807, 2.05) is 47.8 Å². The standard InChI is InChI=1S/C20H22N4O4S2/c1-14-6-11-23-18(12-21-29-23)19(14)30(26,27)22-9-7-16(8-10-22)24-17-5-3-2-4-15(17)13-28-20(24)25/h2-6,11-12,16,21H,7-10,13H2,1H3. The van der Waals surface area contributed by atoms with E-state index >= 15 is 0 Å². The van der Waals surface area contributed by atoms with Gasteiger partial charge in [0, 0.05) is 37.1 Å². The van der Waals surface area contributed by atoms with Gasteiger partial charge in [0.15, 0.2) is 0 Å². The molecule has 1 aromatic rings. The summed E-state index contributed by atoms with van der Waals surface area (Å²) in [6.07, 6.45) is 6.15. The Morgan fingerprint density at radius 1 is 1.20 bits per heavy atom. The molecule has 5 rings (SSSR count). The third-order valence-corrected chi connectivity index (χ3v) is 8.65. The van der Waals surface area contributed by atoms with E-state index in [0.717, 1.165) is 16.8 Å². The summed E-state index contributed by atoms with van der Waals surface area (Å²) < 4.78 is 38.6. The minimum atomic E-state index is -3.65. The van der Waals surface area contributed by atoms with Gasteiger partial charge in [-0.15, -0.1) is 0 Å². The third-order valence-electron chi connectivity index (χ3n) is 5.82. The average Bonchev–Trinajstić information content (AvgIpc) is 3.22. The van der Waals surface area contributed by atoms with Crippen molar-refractivity contribution in [1.82, 2.24) is 13.3 Å². The lowest BCUT2D eigenvalue weighted by Crippen LogP contribution is -2.50. The van der Waals surface area contributed by atoms with Crippen molar-refractivity contribution in [3.05, 3.63) is 64.5 Å². The van der Waals surface area contributed by atoms with Gasteiger partial charge in [-0.3, -0.25) is 9.21 Å². The second-order valence-electron chi connectivity index (χ2n) is 7.58. The van der Waals surface area contributed by atoms with Crippen molar-refractivity contribution in [2.45, 2.75) is 32.4 Å². The van der Waals surface area contributed by atoms with E-state index in [0.29, 0.717) is 36.5 Å². The Morgan fingerprint density at radius 2 is 1.97 bits per heavy atom. The van der Waals surface area contributed by atoms with Crippen molar-refractivity contribution in [3.8, 4) is 0 Å². The molecule has 4 aliphatic rings. The van der Waals surface area contributed by atoms with Crippen LogP contribution in [0, 0.1) is 0 Å². The number of amides is 1. The van der Waals surface area contributed by atoms with Gasteiger partial charge in [-0.1, -0.05) is 18.2 Å². The Bertz CT molecular complexity index is 1090. The quantitative estimate of drug-likeness (QED) is 0.715. The summed E-state index contributed by atoms with van der Waals surface area (Å²) in [6.45, 7) is 2.80. The molecule has 0 atom stereocenters. The minimum absolute atomic E-state index is 0.0915. The van der Waals surface area contributed by atoms with E-state index in [9.17, 15) is 13.2 Å². The summed E-state index contributed by atoms with van der Waals surface area (Å²) in [5, 5.41) is 0. The van der Waals surface area contributed by atoms with Crippen LogP contribution in [0.5, 0.6) is 0 Å². The fourth-order valence-electron chi connectivity index (χ4n) is 4.31. The molecule has 1 amide bonds. The molecule has 1 saturated heterocycles. The van der Waals surface area contributed by atoms with Gasteiger partial charge < -0.3 is 9.46 Å². The first-order valence-electron chi connectivity index (χ1n) is 9.82. The number of hydrogen-bond donors (Lipinski definition) is 1. The highest BCUT2D eigenvalue weighted by Crippen LogP contribution is 2.39. The third kappa shape index (κ3) is 3.10. The second kappa shape index (κ2) is 7.36. The second-order valence-corrected chi connectivity index (χ2v) is 10.3. The van der Waals surface area contributed by atoms with Gasteiger partial charge in [0.1, 0.15) is 11.5 Å². The van der Waals surface area contributed by atoms with Gasteiger partial charge in [0.25, 0.3) is 0 Å². The number of fused-ring (bicyclic) bond motifs is 2. The Morgan fingerprint density at radius 3 is 2.77 bits per heavy atom. The predicted octanol–water partition coefficient (Wildman–Crippen LogP) is 3.05. The lowest BCUT2D eigenvalue weighted by Gasteiger charge is -2.40. The molecule has 30 heavy (non-hydrogen) atoms. The molecule has 0 aliphatic carbocycles. The number of carbonyl (C=O) groups excluding carboxylic acids is 1. The number of allylic oxidation sites excluding steroid dienone is 2. The summed E-state index contributed by atoms with van der Waals surface area (Å²) in [6, 6.07) is 7.61. The minimum Gasteiger partial charge on any atom is -0.444 e. The number of nitrogens with zero attached hydrogens (tertiary/aromatic N) is 3. The highest BCUT2D eigenvalue weighted by molar-refractivity contribution is 7.96. The van der Waals surface area contributed by atoms with Gasteiger partial charge in [-0.2, -0.15) is 4.31 Å². The number of carbonyl (C=O) groups is 1. The zero-order chi connectivity index (χ0) is 20.9. The molecule has 4 heterocycles. The number of cyclic esters (lactones) is 1. The van der Waals surface area contributed by atoms with Crippen molar-refractivity contribution in [2.24, 2.45) is 0 Å². The fourth-order valence-corrected chi connectivity index (χ4v) is 6.86. The first kappa shape index (κ1) is 19.5. The molecule has 0 aromatic heterocycles. The van der Waals surface area contributed by atoms with E-state index in [1.54, 1.807) is 11.1 Å². The summed E-state index contributed by atoms with van der Waals surface area (Å²) >= 11 is 1.34. The molecule has 0 unspecified atom stereocenters. The maximum atomic E-state index is 13.5. The normalized spacial score (nSPS) is 22.4. The van der Waals surface area contributed by atoms with Gasteiger partial charge in [0.05, 0.1) is 23.5 Å². The smallest absolute Gasteiger partial charge is 0.414 e. The first-order chi connectivity index (χ1) is 14.5. The molecular formula is C20H22N4O4S2. The number of benzene rings is 1. The zero-order valence-electron chi connectivity index (χ0n) is 16.4. The molecule has 10 heteroatoms. The van der Waals surface area contributed by atoms with E-state index in [1.165, 1.54) is 16.4 Å². The highest BCUT2D eigenvalue weighted by Gasteiger charge is 2.40. The van der Waals surface area contributed by atoms with E-state index in [2.05, 4.69) is 4.72 Å². The Kier molecular flexibility index (Phi) is 4.79. The lowest BCUT2D eigenvalue weighted by molar-refractivity contribution is 0.136. The van der Waals surface area contributed by atoms with Crippen molar-refractivity contribution >= 4 is 33.9 Å². The number of hydrogen-bond acceptors (Lipinski definition) is 7. The SMILES string of the molecule is CC1=C(S(=O)(=O)N2CCC(N3C(=O)OCc4ccccc43)CC2)C2=CNSN2C=C1. The summed E-state index contributed by atoms with van der Waals surface area (Å²) in [5.41, 5.74) is 3.20. The number of para-hydroxylation sites is 1. The Hall–Kier alpha value is -2.43. The zero-order valence-corrected chi connectivity index (χ0v) is 18.1. The molecule has 8 nitrogen and oxygen atoms in total. The molecule has 1 N–H and O–H groups in total. The van der Waals surface area contributed by atoms with E-state index in [-0.39, 0.29) is 18.7 Å². The summed E-state index contributed by atoms with van der Waals surface area (Å²) in [5.74, 6) is 0. The lowest BCUT2D eigenvalue weighted by atomic mass is 10.0. The van der Waals surface area contributed by atoms with Crippen LogP contribution in [0.1, 0.15) is 25.3 Å². The summed E-state index contributed by atoms with van der Waals surface area (Å²) in [7, 11) is -3.65. The van der Waals surface area contributed by atoms with E-state index in [4.69, 9.17) is 4.74 Å². The van der Waals surface area contributed by atoms with Crippen LogP contribution in [-0.2, 0) is 21.4 Å². The first-order valence-corrected chi connectivity index (χ1v) is 12.0. The number of sulfonamides is 1. The molecule has 4 aliphatic heterocycles. The highest BCUT2D eigenvalue weighted by atomic mass is 32.2. The van der Waals surface area contributed by atoms with Crippen LogP contribution in [0.3, 0.4) is 0 Å². The van der Waals surface area contributed by atoms with Crippen LogP contribution in [0.25, 0.3) is 0 Å². The maximum Gasteiger partial charge on any atom is 0.414 e. The largest absolute Gasteiger partial charge is 0.444 e. The molecule has 0 bridgehead atoms. The molecule has 0 radical (unpaired) electrons. The van der Waals surface area contributed by atoms with Crippen LogP contribution in [0.4, 0.5) is 10.5 Å². The van der Waals surface area contributed by atoms with Crippen LogP contribution in [-0.4, -0.2) is 42.3 Å². The maximum absolute atomic E-state index is 13.5. The van der Waals surface area contributed by atoms with Gasteiger partial charge in [-0.25, -0.2) is 13.2 Å². The molecule has 0 spiro atoms. The molecule has 158 valence electrons. The molecule has 1 fully saturated rings. The number of nitrogens with one attached hydrogen (secondary N) is 1. The number of rotatable bonds is 3. The number of anilines is 1. The van der Waals surface area contributed by atoms with Crippen molar-refractivity contribution in [3.63, 3.8) is 0 Å².